The van der Waals surface area contributed by atoms with Crippen molar-refractivity contribution < 1.29 is 4.74 Å². The van der Waals surface area contributed by atoms with Gasteiger partial charge in [-0.1, -0.05) is 0 Å². The number of hydrogen-bond donors (Lipinski definition) is 1. The Morgan fingerprint density at radius 2 is 1.95 bits per heavy atom. The fourth-order valence-electron chi connectivity index (χ4n) is 2.03. The summed E-state index contributed by atoms with van der Waals surface area (Å²) in [5, 5.41) is 5.04. The Hall–Kier alpha value is -2.77. The molecule has 100 valence electrons. The van der Waals surface area contributed by atoms with Crippen LogP contribution in [0.25, 0.3) is 11.0 Å². The van der Waals surface area contributed by atoms with E-state index in [9.17, 15) is 0 Å². The molecule has 20 heavy (non-hydrogen) atoms. The van der Waals surface area contributed by atoms with Gasteiger partial charge in [-0.2, -0.15) is 0 Å². The van der Waals surface area contributed by atoms with E-state index in [-0.39, 0.29) is 6.01 Å². The molecule has 8 heteroatoms. The van der Waals surface area contributed by atoms with Crippen molar-refractivity contribution in [1.82, 2.24) is 29.7 Å². The van der Waals surface area contributed by atoms with Gasteiger partial charge in [-0.05, 0) is 18.9 Å². The zero-order chi connectivity index (χ0) is 13.5. The number of aromatic nitrogens is 6. The smallest absolute Gasteiger partial charge is 0.323 e. The van der Waals surface area contributed by atoms with E-state index in [1.165, 1.54) is 6.33 Å². The van der Waals surface area contributed by atoms with Gasteiger partial charge >= 0.3 is 6.01 Å². The van der Waals surface area contributed by atoms with Crippen LogP contribution in [0.5, 0.6) is 11.9 Å². The van der Waals surface area contributed by atoms with Crippen molar-refractivity contribution >= 4 is 16.9 Å². The summed E-state index contributed by atoms with van der Waals surface area (Å²) in [5.74, 6) is 0.684. The molecule has 0 saturated heterocycles. The van der Waals surface area contributed by atoms with E-state index in [4.69, 9.17) is 10.5 Å². The lowest BCUT2D eigenvalue weighted by Gasteiger charge is -1.99. The van der Waals surface area contributed by atoms with Crippen LogP contribution in [-0.2, 0) is 0 Å². The highest BCUT2D eigenvalue weighted by Gasteiger charge is 2.29. The first kappa shape index (κ1) is 11.1. The molecule has 0 bridgehead atoms. The lowest BCUT2D eigenvalue weighted by atomic mass is 10.4. The molecular formula is C12H11N7O. The minimum absolute atomic E-state index is 0.220. The maximum Gasteiger partial charge on any atom is 0.323 e. The highest BCUT2D eigenvalue weighted by molar-refractivity contribution is 5.90. The summed E-state index contributed by atoms with van der Waals surface area (Å²) in [4.78, 5) is 16.3. The predicted molar refractivity (Wildman–Crippen MR) is 70.1 cm³/mol. The fourth-order valence-corrected chi connectivity index (χ4v) is 2.03. The van der Waals surface area contributed by atoms with Crippen molar-refractivity contribution in [3.8, 4) is 11.9 Å². The number of nitrogens with zero attached hydrogens (tertiary/aromatic N) is 6. The van der Waals surface area contributed by atoms with E-state index in [0.717, 1.165) is 12.8 Å². The lowest BCUT2D eigenvalue weighted by Crippen LogP contribution is -1.98. The summed E-state index contributed by atoms with van der Waals surface area (Å²) in [7, 11) is 0. The lowest BCUT2D eigenvalue weighted by molar-refractivity contribution is 0.418. The molecule has 3 aromatic rings. The van der Waals surface area contributed by atoms with Crippen LogP contribution in [0.1, 0.15) is 18.9 Å². The van der Waals surface area contributed by atoms with Gasteiger partial charge < -0.3 is 10.5 Å². The Morgan fingerprint density at radius 3 is 2.70 bits per heavy atom. The molecule has 0 unspecified atom stereocenters. The van der Waals surface area contributed by atoms with Crippen LogP contribution >= 0.6 is 0 Å². The molecule has 1 saturated carbocycles. The number of rotatable bonds is 3. The Balaban J connectivity index is 1.86. The zero-order valence-corrected chi connectivity index (χ0v) is 10.5. The van der Waals surface area contributed by atoms with Gasteiger partial charge in [0.2, 0.25) is 0 Å². The Kier molecular flexibility index (Phi) is 2.28. The van der Waals surface area contributed by atoms with E-state index in [2.05, 4.69) is 25.0 Å². The third-order valence-electron chi connectivity index (χ3n) is 3.11. The van der Waals surface area contributed by atoms with E-state index < -0.39 is 0 Å². The van der Waals surface area contributed by atoms with Crippen LogP contribution in [0.15, 0.2) is 24.8 Å². The molecule has 3 aromatic heterocycles. The molecule has 0 aromatic carbocycles. The molecule has 2 N–H and O–H groups in total. The molecule has 1 aliphatic rings. The van der Waals surface area contributed by atoms with Crippen molar-refractivity contribution in [2.75, 3.05) is 5.73 Å². The van der Waals surface area contributed by atoms with Crippen molar-refractivity contribution in [2.24, 2.45) is 0 Å². The number of nitrogen functional groups attached to an aromatic ring is 1. The topological polar surface area (TPSA) is 105 Å². The molecule has 0 spiro atoms. The predicted octanol–water partition coefficient (Wildman–Crippen LogP) is 1.33. The highest BCUT2D eigenvalue weighted by atomic mass is 16.5. The van der Waals surface area contributed by atoms with Crippen molar-refractivity contribution in [3.05, 3.63) is 24.8 Å². The maximum atomic E-state index is 5.92. The Labute approximate surface area is 113 Å². The number of nitrogens with two attached hydrogens (primary N) is 1. The van der Waals surface area contributed by atoms with Crippen molar-refractivity contribution in [2.45, 2.75) is 18.9 Å². The number of anilines is 1. The first-order valence-corrected chi connectivity index (χ1v) is 6.26. The summed E-state index contributed by atoms with van der Waals surface area (Å²) < 4.78 is 7.46. The standard InChI is InChI=1S/C12H11N7O/c13-9-8-10(17-6-16-9)19(7-2-3-7)18-11(8)20-12-14-4-1-5-15-12/h1,4-7H,2-3H2,(H2,13,16,17). The number of fused-ring (bicyclic) bond motifs is 1. The van der Waals surface area contributed by atoms with Crippen LogP contribution in [0.2, 0.25) is 0 Å². The molecule has 1 aliphatic carbocycles. The first-order chi connectivity index (χ1) is 9.83. The molecular weight excluding hydrogens is 258 g/mol. The normalized spacial score (nSPS) is 14.6. The highest BCUT2D eigenvalue weighted by Crippen LogP contribution is 2.40. The van der Waals surface area contributed by atoms with E-state index in [1.807, 2.05) is 4.68 Å². The van der Waals surface area contributed by atoms with Crippen LogP contribution < -0.4 is 10.5 Å². The van der Waals surface area contributed by atoms with Gasteiger partial charge in [0.15, 0.2) is 5.65 Å². The second-order valence-corrected chi connectivity index (χ2v) is 4.57. The van der Waals surface area contributed by atoms with Crippen LogP contribution in [-0.4, -0.2) is 29.7 Å². The van der Waals surface area contributed by atoms with E-state index in [1.54, 1.807) is 18.5 Å². The molecule has 0 amide bonds. The second kappa shape index (κ2) is 4.12. The molecule has 4 rings (SSSR count). The monoisotopic (exact) mass is 269 g/mol. The van der Waals surface area contributed by atoms with E-state index >= 15 is 0 Å². The van der Waals surface area contributed by atoms with Gasteiger partial charge in [-0.25, -0.2) is 24.6 Å². The SMILES string of the molecule is Nc1ncnc2c1c(Oc1ncccn1)nn2C1CC1. The molecule has 0 atom stereocenters. The van der Waals surface area contributed by atoms with Gasteiger partial charge in [0.05, 0.1) is 6.04 Å². The fraction of sp³-hybridized carbons (Fsp3) is 0.250. The average molecular weight is 269 g/mol. The second-order valence-electron chi connectivity index (χ2n) is 4.57. The summed E-state index contributed by atoms with van der Waals surface area (Å²) in [6, 6.07) is 2.30. The third-order valence-corrected chi connectivity index (χ3v) is 3.11. The van der Waals surface area contributed by atoms with Gasteiger partial charge in [-0.15, -0.1) is 5.10 Å². The molecule has 1 fully saturated rings. The van der Waals surface area contributed by atoms with Gasteiger partial charge in [0, 0.05) is 12.4 Å². The quantitative estimate of drug-likeness (QED) is 0.764. The molecule has 0 aliphatic heterocycles. The summed E-state index contributed by atoms with van der Waals surface area (Å²) in [6.07, 6.45) is 6.80. The van der Waals surface area contributed by atoms with Gasteiger partial charge in [-0.3, -0.25) is 0 Å². The van der Waals surface area contributed by atoms with Gasteiger partial charge in [0.25, 0.3) is 5.88 Å². The van der Waals surface area contributed by atoms with Crippen molar-refractivity contribution in [3.63, 3.8) is 0 Å². The minimum atomic E-state index is 0.220. The van der Waals surface area contributed by atoms with Crippen LogP contribution in [0.3, 0.4) is 0 Å². The first-order valence-electron chi connectivity index (χ1n) is 6.26. The molecule has 8 nitrogen and oxygen atoms in total. The maximum absolute atomic E-state index is 5.92. The molecule has 0 radical (unpaired) electrons. The van der Waals surface area contributed by atoms with Gasteiger partial charge in [0.1, 0.15) is 17.5 Å². The Bertz CT molecular complexity index is 766. The largest absolute Gasteiger partial charge is 0.403 e. The van der Waals surface area contributed by atoms with Crippen LogP contribution in [0.4, 0.5) is 5.82 Å². The third kappa shape index (κ3) is 1.73. The average Bonchev–Trinajstić information content (AvgIpc) is 3.24. The Morgan fingerprint density at radius 1 is 1.15 bits per heavy atom. The number of hydrogen-bond acceptors (Lipinski definition) is 7. The van der Waals surface area contributed by atoms with Crippen molar-refractivity contribution in [1.29, 1.82) is 0 Å². The zero-order valence-electron chi connectivity index (χ0n) is 10.5. The number of ether oxygens (including phenoxy) is 1. The molecule has 3 heterocycles. The van der Waals surface area contributed by atoms with E-state index in [0.29, 0.717) is 28.8 Å². The minimum Gasteiger partial charge on any atom is -0.403 e. The summed E-state index contributed by atoms with van der Waals surface area (Å²) in [5.41, 5.74) is 6.61. The summed E-state index contributed by atoms with van der Waals surface area (Å²) in [6.45, 7) is 0. The van der Waals surface area contributed by atoms with Crippen LogP contribution in [0, 0.1) is 0 Å². The summed E-state index contributed by atoms with van der Waals surface area (Å²) >= 11 is 0.